The molecule has 2 N–H and O–H groups in total. The molecular formula is C16H24N2O. The third-order valence-corrected chi connectivity index (χ3v) is 3.25. The molecule has 0 saturated carbocycles. The van der Waals surface area contributed by atoms with Crippen molar-refractivity contribution in [3.8, 4) is 5.75 Å². The Kier molecular flexibility index (Phi) is 3.85. The molecule has 0 spiro atoms. The summed E-state index contributed by atoms with van der Waals surface area (Å²) in [6.45, 7) is 9.65. The van der Waals surface area contributed by atoms with E-state index in [1.165, 1.54) is 16.5 Å². The van der Waals surface area contributed by atoms with Gasteiger partial charge < -0.3 is 15.0 Å². The van der Waals surface area contributed by atoms with E-state index in [0.717, 1.165) is 24.2 Å². The molecule has 0 atom stereocenters. The van der Waals surface area contributed by atoms with Gasteiger partial charge in [0.05, 0.1) is 12.6 Å². The van der Waals surface area contributed by atoms with E-state index in [0.29, 0.717) is 0 Å². The Bertz CT molecular complexity index is 564. The fourth-order valence-corrected chi connectivity index (χ4v) is 2.33. The smallest absolute Gasteiger partial charge is 0.143 e. The lowest BCUT2D eigenvalue weighted by molar-refractivity contribution is 0.418. The van der Waals surface area contributed by atoms with Gasteiger partial charge in [-0.05, 0) is 63.9 Å². The molecule has 0 aliphatic rings. The summed E-state index contributed by atoms with van der Waals surface area (Å²) in [5, 5.41) is 4.79. The topological polar surface area (TPSA) is 37.0 Å². The summed E-state index contributed by atoms with van der Waals surface area (Å²) in [5.41, 5.74) is 3.83. The number of hydrogen-bond acceptors (Lipinski definition) is 2. The van der Waals surface area contributed by atoms with Gasteiger partial charge in [0.15, 0.2) is 0 Å². The van der Waals surface area contributed by atoms with Gasteiger partial charge in [-0.1, -0.05) is 0 Å². The van der Waals surface area contributed by atoms with Crippen LogP contribution in [0.3, 0.4) is 0 Å². The van der Waals surface area contributed by atoms with Crippen molar-refractivity contribution in [2.24, 2.45) is 0 Å². The van der Waals surface area contributed by atoms with Crippen LogP contribution < -0.4 is 10.1 Å². The Morgan fingerprint density at radius 3 is 2.63 bits per heavy atom. The Balaban J connectivity index is 2.23. The first-order valence-electron chi connectivity index (χ1n) is 6.80. The van der Waals surface area contributed by atoms with Crippen LogP contribution in [0.4, 0.5) is 0 Å². The van der Waals surface area contributed by atoms with Crippen LogP contribution in [0.1, 0.15) is 31.9 Å². The van der Waals surface area contributed by atoms with Crippen LogP contribution in [0.5, 0.6) is 5.75 Å². The van der Waals surface area contributed by atoms with Crippen molar-refractivity contribution >= 4 is 10.9 Å². The maximum Gasteiger partial charge on any atom is 0.143 e. The molecule has 0 aliphatic heterocycles. The number of methoxy groups -OCH3 is 1. The Morgan fingerprint density at radius 2 is 2.00 bits per heavy atom. The second-order valence-electron chi connectivity index (χ2n) is 6.13. The fourth-order valence-electron chi connectivity index (χ4n) is 2.33. The summed E-state index contributed by atoms with van der Waals surface area (Å²) in [5.74, 6) is 0.921. The van der Waals surface area contributed by atoms with Gasteiger partial charge in [0.25, 0.3) is 0 Å². The first kappa shape index (κ1) is 13.9. The number of nitrogens with one attached hydrogen (secondary N) is 2. The number of aromatic amines is 1. The molecule has 3 heteroatoms. The van der Waals surface area contributed by atoms with E-state index in [-0.39, 0.29) is 5.54 Å². The van der Waals surface area contributed by atoms with Gasteiger partial charge >= 0.3 is 0 Å². The largest absolute Gasteiger partial charge is 0.495 e. The van der Waals surface area contributed by atoms with Gasteiger partial charge in [-0.15, -0.1) is 0 Å². The van der Waals surface area contributed by atoms with E-state index >= 15 is 0 Å². The van der Waals surface area contributed by atoms with Crippen molar-refractivity contribution in [1.29, 1.82) is 0 Å². The normalized spacial score (nSPS) is 12.1. The SMILES string of the molecule is COc1cc(C)cc2c(CCNC(C)(C)C)c[nH]c12. The minimum atomic E-state index is 0.166. The first-order valence-corrected chi connectivity index (χ1v) is 6.80. The summed E-state index contributed by atoms with van der Waals surface area (Å²) in [6, 6.07) is 4.29. The highest BCUT2D eigenvalue weighted by Gasteiger charge is 2.11. The van der Waals surface area contributed by atoms with Crippen molar-refractivity contribution in [2.75, 3.05) is 13.7 Å². The quantitative estimate of drug-likeness (QED) is 0.884. The van der Waals surface area contributed by atoms with Gasteiger partial charge in [0, 0.05) is 17.1 Å². The molecule has 104 valence electrons. The lowest BCUT2D eigenvalue weighted by Crippen LogP contribution is -2.37. The van der Waals surface area contributed by atoms with Crippen LogP contribution in [0.15, 0.2) is 18.3 Å². The molecule has 2 aromatic rings. The second kappa shape index (κ2) is 5.25. The highest BCUT2D eigenvalue weighted by Crippen LogP contribution is 2.29. The number of ether oxygens (including phenoxy) is 1. The van der Waals surface area contributed by atoms with Crippen LogP contribution in [0.25, 0.3) is 10.9 Å². The molecule has 1 heterocycles. The average molecular weight is 260 g/mol. The molecule has 0 unspecified atom stereocenters. The Morgan fingerprint density at radius 1 is 1.26 bits per heavy atom. The number of aromatic nitrogens is 1. The van der Waals surface area contributed by atoms with Crippen LogP contribution >= 0.6 is 0 Å². The molecule has 1 aromatic heterocycles. The van der Waals surface area contributed by atoms with Crippen LogP contribution in [0.2, 0.25) is 0 Å². The molecule has 2 rings (SSSR count). The molecule has 0 aliphatic carbocycles. The lowest BCUT2D eigenvalue weighted by atomic mass is 10.1. The number of aryl methyl sites for hydroxylation is 1. The van der Waals surface area contributed by atoms with Crippen LogP contribution in [0, 0.1) is 6.92 Å². The third-order valence-electron chi connectivity index (χ3n) is 3.25. The lowest BCUT2D eigenvalue weighted by Gasteiger charge is -2.20. The minimum Gasteiger partial charge on any atom is -0.495 e. The van der Waals surface area contributed by atoms with Crippen LogP contribution in [-0.4, -0.2) is 24.2 Å². The van der Waals surface area contributed by atoms with Gasteiger partial charge in [-0.25, -0.2) is 0 Å². The van der Waals surface area contributed by atoms with E-state index in [4.69, 9.17) is 4.74 Å². The standard InChI is InChI=1S/C16H24N2O/c1-11-8-13-12(6-7-18-16(2,3)4)10-17-15(13)14(9-11)19-5/h8-10,17-18H,6-7H2,1-5H3. The number of benzene rings is 1. The number of rotatable bonds is 4. The van der Waals surface area contributed by atoms with E-state index in [1.54, 1.807) is 7.11 Å². The molecule has 0 radical (unpaired) electrons. The average Bonchev–Trinajstić information content (AvgIpc) is 2.70. The molecular weight excluding hydrogens is 236 g/mol. The summed E-state index contributed by atoms with van der Waals surface area (Å²) in [4.78, 5) is 3.33. The van der Waals surface area contributed by atoms with Crippen LogP contribution in [-0.2, 0) is 6.42 Å². The minimum absolute atomic E-state index is 0.166. The first-order chi connectivity index (χ1) is 8.90. The Hall–Kier alpha value is -1.48. The predicted octanol–water partition coefficient (Wildman–Crippen LogP) is 3.42. The predicted molar refractivity (Wildman–Crippen MR) is 81.0 cm³/mol. The molecule has 1 aromatic carbocycles. The van der Waals surface area contributed by atoms with Gasteiger partial charge in [-0.3, -0.25) is 0 Å². The van der Waals surface area contributed by atoms with Gasteiger partial charge in [-0.2, -0.15) is 0 Å². The third kappa shape index (κ3) is 3.29. The number of H-pyrrole nitrogens is 1. The zero-order chi connectivity index (χ0) is 14.0. The molecule has 0 saturated heterocycles. The Labute approximate surface area is 115 Å². The highest BCUT2D eigenvalue weighted by molar-refractivity contribution is 5.89. The van der Waals surface area contributed by atoms with E-state index in [2.05, 4.69) is 56.3 Å². The maximum absolute atomic E-state index is 5.43. The molecule has 0 amide bonds. The van der Waals surface area contributed by atoms with Crippen molar-refractivity contribution in [2.45, 2.75) is 39.7 Å². The monoisotopic (exact) mass is 260 g/mol. The summed E-state index contributed by atoms with van der Waals surface area (Å²) in [6.07, 6.45) is 3.11. The zero-order valence-electron chi connectivity index (χ0n) is 12.6. The van der Waals surface area contributed by atoms with Gasteiger partial charge in [0.1, 0.15) is 5.75 Å². The van der Waals surface area contributed by atoms with Crippen molar-refractivity contribution in [3.63, 3.8) is 0 Å². The maximum atomic E-state index is 5.43. The molecule has 19 heavy (non-hydrogen) atoms. The zero-order valence-corrected chi connectivity index (χ0v) is 12.6. The van der Waals surface area contributed by atoms with Crippen molar-refractivity contribution in [3.05, 3.63) is 29.5 Å². The molecule has 3 nitrogen and oxygen atoms in total. The number of fused-ring (bicyclic) bond motifs is 1. The summed E-state index contributed by atoms with van der Waals surface area (Å²) < 4.78 is 5.43. The number of hydrogen-bond donors (Lipinski definition) is 2. The fraction of sp³-hybridized carbons (Fsp3) is 0.500. The van der Waals surface area contributed by atoms with E-state index in [9.17, 15) is 0 Å². The van der Waals surface area contributed by atoms with Crippen molar-refractivity contribution < 1.29 is 4.74 Å². The summed E-state index contributed by atoms with van der Waals surface area (Å²) >= 11 is 0. The summed E-state index contributed by atoms with van der Waals surface area (Å²) in [7, 11) is 1.72. The molecule has 0 fully saturated rings. The highest BCUT2D eigenvalue weighted by atomic mass is 16.5. The molecule has 0 bridgehead atoms. The van der Waals surface area contributed by atoms with Crippen molar-refractivity contribution in [1.82, 2.24) is 10.3 Å². The van der Waals surface area contributed by atoms with E-state index < -0.39 is 0 Å². The van der Waals surface area contributed by atoms with E-state index in [1.807, 2.05) is 0 Å². The second-order valence-corrected chi connectivity index (χ2v) is 6.13. The van der Waals surface area contributed by atoms with Gasteiger partial charge in [0.2, 0.25) is 0 Å².